The fraction of sp³-hybridized carbons (Fsp3) is 0.364. The van der Waals surface area contributed by atoms with Crippen molar-refractivity contribution < 1.29 is 31.5 Å². The molecular formula is C11H7F5N2O2. The molecule has 0 atom stereocenters. The lowest BCUT2D eigenvalue weighted by Gasteiger charge is -2.14. The molecular weight excluding hydrogens is 287 g/mol. The summed E-state index contributed by atoms with van der Waals surface area (Å²) >= 11 is 0. The maximum absolute atomic E-state index is 12.7. The van der Waals surface area contributed by atoms with Crippen molar-refractivity contribution in [3.63, 3.8) is 0 Å². The molecule has 4 nitrogen and oxygen atoms in total. The predicted octanol–water partition coefficient (Wildman–Crippen LogP) is 2.63. The first-order chi connectivity index (χ1) is 9.20. The highest BCUT2D eigenvalue weighted by Crippen LogP contribution is 2.37. The van der Waals surface area contributed by atoms with Crippen molar-refractivity contribution in [2.24, 2.45) is 0 Å². The van der Waals surface area contributed by atoms with Crippen molar-refractivity contribution in [1.29, 1.82) is 5.26 Å². The smallest absolute Gasteiger partial charge is 0.419 e. The van der Waals surface area contributed by atoms with Gasteiger partial charge in [0, 0.05) is 0 Å². The van der Waals surface area contributed by atoms with Gasteiger partial charge in [0.1, 0.15) is 11.3 Å². The van der Waals surface area contributed by atoms with E-state index >= 15 is 0 Å². The van der Waals surface area contributed by atoms with E-state index in [9.17, 15) is 26.7 Å². The Bertz CT molecular complexity index is 563. The van der Waals surface area contributed by atoms with E-state index in [4.69, 9.17) is 5.26 Å². The molecule has 108 valence electrons. The molecule has 0 aliphatic heterocycles. The molecule has 0 bridgehead atoms. The van der Waals surface area contributed by atoms with Crippen LogP contribution in [0.5, 0.6) is 0 Å². The molecule has 0 N–H and O–H groups in total. The third-order valence-electron chi connectivity index (χ3n) is 2.26. The zero-order valence-electron chi connectivity index (χ0n) is 9.96. The minimum Gasteiger partial charge on any atom is -0.469 e. The predicted molar refractivity (Wildman–Crippen MR) is 54.6 cm³/mol. The molecule has 0 aliphatic rings. The number of methoxy groups -OCH3 is 1. The summed E-state index contributed by atoms with van der Waals surface area (Å²) in [6, 6.07) is 1.83. The van der Waals surface area contributed by atoms with E-state index in [1.807, 2.05) is 0 Å². The summed E-state index contributed by atoms with van der Waals surface area (Å²) in [4.78, 5) is 14.1. The van der Waals surface area contributed by atoms with Gasteiger partial charge in [-0.05, 0) is 6.07 Å². The van der Waals surface area contributed by atoms with Crippen molar-refractivity contribution in [1.82, 2.24) is 4.98 Å². The quantitative estimate of drug-likeness (QED) is 0.635. The highest BCUT2D eigenvalue weighted by molar-refractivity contribution is 5.72. The van der Waals surface area contributed by atoms with Gasteiger partial charge >= 0.3 is 12.1 Å². The van der Waals surface area contributed by atoms with Crippen LogP contribution in [-0.2, 0) is 22.1 Å². The number of hydrogen-bond acceptors (Lipinski definition) is 4. The number of rotatable bonds is 3. The average molecular weight is 294 g/mol. The van der Waals surface area contributed by atoms with Gasteiger partial charge in [0.25, 0.3) is 6.43 Å². The summed E-state index contributed by atoms with van der Waals surface area (Å²) in [5.41, 5.74) is -4.77. The van der Waals surface area contributed by atoms with Crippen molar-refractivity contribution >= 4 is 5.97 Å². The monoisotopic (exact) mass is 294 g/mol. The van der Waals surface area contributed by atoms with Crippen LogP contribution in [0.15, 0.2) is 6.07 Å². The number of ether oxygens (including phenoxy) is 1. The van der Waals surface area contributed by atoms with E-state index in [1.165, 1.54) is 6.07 Å². The molecule has 0 amide bonds. The Hall–Kier alpha value is -2.24. The SMILES string of the molecule is COC(=O)Cc1cc(C#N)c(C(F)(F)F)c(C(F)F)n1. The molecule has 20 heavy (non-hydrogen) atoms. The third-order valence-corrected chi connectivity index (χ3v) is 2.26. The standard InChI is InChI=1S/C11H7F5N2O2/c1-20-7(19)3-6-2-5(4-17)8(11(14,15)16)9(18-6)10(12)13/h2,10H,3H2,1H3. The number of pyridine rings is 1. The fourth-order valence-corrected chi connectivity index (χ4v) is 1.47. The number of carbonyl (C=O) groups excluding carboxylic acids is 1. The first-order valence-corrected chi connectivity index (χ1v) is 5.06. The molecule has 0 spiro atoms. The number of halogens is 5. The molecule has 1 aromatic heterocycles. The van der Waals surface area contributed by atoms with Gasteiger partial charge in [0.15, 0.2) is 0 Å². The van der Waals surface area contributed by atoms with Crippen LogP contribution in [0.4, 0.5) is 22.0 Å². The van der Waals surface area contributed by atoms with Gasteiger partial charge in [0.05, 0.1) is 30.9 Å². The maximum atomic E-state index is 12.7. The van der Waals surface area contributed by atoms with E-state index in [0.717, 1.165) is 7.11 Å². The summed E-state index contributed by atoms with van der Waals surface area (Å²) in [5, 5.41) is 8.66. The second-order valence-corrected chi connectivity index (χ2v) is 3.58. The van der Waals surface area contributed by atoms with Gasteiger partial charge in [-0.15, -0.1) is 0 Å². The molecule has 0 unspecified atom stereocenters. The molecule has 0 aliphatic carbocycles. The van der Waals surface area contributed by atoms with Crippen LogP contribution in [-0.4, -0.2) is 18.1 Å². The van der Waals surface area contributed by atoms with Gasteiger partial charge in [-0.1, -0.05) is 0 Å². The molecule has 0 fully saturated rings. The molecule has 1 aromatic rings. The second kappa shape index (κ2) is 5.81. The van der Waals surface area contributed by atoms with E-state index in [1.54, 1.807) is 0 Å². The second-order valence-electron chi connectivity index (χ2n) is 3.58. The first kappa shape index (κ1) is 15.8. The van der Waals surface area contributed by atoms with Gasteiger partial charge in [-0.2, -0.15) is 18.4 Å². The summed E-state index contributed by atoms with van der Waals surface area (Å²) in [7, 11) is 1.02. The molecule has 9 heteroatoms. The van der Waals surface area contributed by atoms with Crippen molar-refractivity contribution in [2.45, 2.75) is 19.0 Å². The van der Waals surface area contributed by atoms with E-state index < -0.39 is 47.5 Å². The lowest BCUT2D eigenvalue weighted by atomic mass is 10.0. The Morgan fingerprint density at radius 3 is 2.50 bits per heavy atom. The lowest BCUT2D eigenvalue weighted by molar-refractivity contribution is -0.140. The average Bonchev–Trinajstić information content (AvgIpc) is 2.35. The van der Waals surface area contributed by atoms with Crippen molar-refractivity contribution in [3.05, 3.63) is 28.6 Å². The highest BCUT2D eigenvalue weighted by atomic mass is 19.4. The largest absolute Gasteiger partial charge is 0.469 e. The number of hydrogen-bond donors (Lipinski definition) is 0. The molecule has 0 saturated heterocycles. The van der Waals surface area contributed by atoms with Crippen LogP contribution in [0.25, 0.3) is 0 Å². The number of nitrogens with zero attached hydrogens (tertiary/aromatic N) is 2. The summed E-state index contributed by atoms with van der Waals surface area (Å²) in [6.45, 7) is 0. The number of esters is 1. The normalized spacial score (nSPS) is 11.3. The van der Waals surface area contributed by atoms with Gasteiger partial charge in [-0.25, -0.2) is 8.78 Å². The number of alkyl halides is 5. The molecule has 0 saturated carbocycles. The van der Waals surface area contributed by atoms with E-state index in [2.05, 4.69) is 9.72 Å². The first-order valence-electron chi connectivity index (χ1n) is 5.06. The Morgan fingerprint density at radius 1 is 1.50 bits per heavy atom. The number of aromatic nitrogens is 1. The molecule has 0 aromatic carbocycles. The van der Waals surface area contributed by atoms with E-state index in [0.29, 0.717) is 6.07 Å². The fourth-order valence-electron chi connectivity index (χ4n) is 1.47. The summed E-state index contributed by atoms with van der Waals surface area (Å²) < 4.78 is 67.7. The summed E-state index contributed by atoms with van der Waals surface area (Å²) in [5.74, 6) is -0.874. The maximum Gasteiger partial charge on any atom is 0.419 e. The van der Waals surface area contributed by atoms with Gasteiger partial charge in [0.2, 0.25) is 0 Å². The topological polar surface area (TPSA) is 63.0 Å². The minimum atomic E-state index is -5.15. The number of nitriles is 1. The number of carbonyl (C=O) groups is 1. The summed E-state index contributed by atoms with van der Waals surface area (Å²) in [6.07, 6.45) is -9.28. The molecule has 0 radical (unpaired) electrons. The van der Waals surface area contributed by atoms with Crippen LogP contribution in [0.1, 0.15) is 28.9 Å². The Labute approximate surface area is 109 Å². The van der Waals surface area contributed by atoms with Crippen LogP contribution in [0.2, 0.25) is 0 Å². The Morgan fingerprint density at radius 2 is 2.10 bits per heavy atom. The highest BCUT2D eigenvalue weighted by Gasteiger charge is 2.40. The van der Waals surface area contributed by atoms with Crippen LogP contribution in [0.3, 0.4) is 0 Å². The minimum absolute atomic E-state index is 0.392. The van der Waals surface area contributed by atoms with Gasteiger partial charge < -0.3 is 4.74 Å². The van der Waals surface area contributed by atoms with Crippen LogP contribution in [0, 0.1) is 11.3 Å². The Kier molecular flexibility index (Phi) is 4.60. The Balaban J connectivity index is 3.48. The van der Waals surface area contributed by atoms with Crippen LogP contribution < -0.4 is 0 Å². The van der Waals surface area contributed by atoms with Crippen molar-refractivity contribution in [3.8, 4) is 6.07 Å². The van der Waals surface area contributed by atoms with Crippen LogP contribution >= 0.6 is 0 Å². The molecule has 1 rings (SSSR count). The van der Waals surface area contributed by atoms with Gasteiger partial charge in [-0.3, -0.25) is 9.78 Å². The lowest BCUT2D eigenvalue weighted by Crippen LogP contribution is -2.16. The molecule has 1 heterocycles. The van der Waals surface area contributed by atoms with Crippen molar-refractivity contribution in [2.75, 3.05) is 7.11 Å². The zero-order valence-corrected chi connectivity index (χ0v) is 9.96. The zero-order chi connectivity index (χ0) is 15.5. The third kappa shape index (κ3) is 3.40. The van der Waals surface area contributed by atoms with E-state index in [-0.39, 0.29) is 0 Å².